The molecule has 1 atom stereocenters. The first-order valence-electron chi connectivity index (χ1n) is 9.28. The van der Waals surface area contributed by atoms with Gasteiger partial charge in [0.1, 0.15) is 16.3 Å². The fourth-order valence-corrected chi connectivity index (χ4v) is 3.99. The van der Waals surface area contributed by atoms with Gasteiger partial charge in [0.2, 0.25) is 11.8 Å². The van der Waals surface area contributed by atoms with Crippen molar-refractivity contribution >= 4 is 51.4 Å². The van der Waals surface area contributed by atoms with E-state index in [1.54, 1.807) is 18.2 Å². The highest BCUT2D eigenvalue weighted by Crippen LogP contribution is 2.39. The number of carbonyl (C=O) groups is 2. The maximum atomic E-state index is 13.4. The molecule has 11 heteroatoms. The Morgan fingerprint density at radius 3 is 2.66 bits per heavy atom. The van der Waals surface area contributed by atoms with E-state index < -0.39 is 28.3 Å². The SMILES string of the molecule is COc1cccc(N2C(=O)C[C@H](c3c(C(N)=S)c(=O)oc4ccc([N+](=O)[O-])cc34)C2=O)c1. The topological polar surface area (TPSA) is 146 Å². The standard InChI is InChI=1S/C21H15N3O7S/c1-30-12-4-2-3-10(7-12)23-16(25)9-14(20(23)26)17-13-8-11(24(28)29)5-6-15(13)31-21(27)18(17)19(22)32/h2-8,14H,9H2,1H3,(H2,22,32)/t14-/m1/s1. The minimum atomic E-state index is -1.14. The number of nitrogens with two attached hydrogens (primary N) is 1. The van der Waals surface area contributed by atoms with Crippen molar-refractivity contribution in [3.05, 3.63) is 74.1 Å². The molecule has 0 spiro atoms. The number of hydrogen-bond donors (Lipinski definition) is 1. The van der Waals surface area contributed by atoms with Crippen molar-refractivity contribution in [3.63, 3.8) is 0 Å². The van der Waals surface area contributed by atoms with Crippen LogP contribution in [0.15, 0.2) is 51.7 Å². The molecule has 2 heterocycles. The van der Waals surface area contributed by atoms with Gasteiger partial charge in [-0.2, -0.15) is 0 Å². The van der Waals surface area contributed by atoms with E-state index in [9.17, 15) is 24.5 Å². The smallest absolute Gasteiger partial charge is 0.346 e. The van der Waals surface area contributed by atoms with E-state index in [0.717, 1.165) is 4.90 Å². The Hall–Kier alpha value is -4.12. The minimum absolute atomic E-state index is 0.00989. The quantitative estimate of drug-likeness (QED) is 0.202. The van der Waals surface area contributed by atoms with Gasteiger partial charge in [-0.15, -0.1) is 0 Å². The van der Waals surface area contributed by atoms with Crippen molar-refractivity contribution in [2.75, 3.05) is 12.0 Å². The highest BCUT2D eigenvalue weighted by atomic mass is 32.1. The minimum Gasteiger partial charge on any atom is -0.497 e. The lowest BCUT2D eigenvalue weighted by molar-refractivity contribution is -0.384. The maximum absolute atomic E-state index is 13.4. The number of nitro groups is 1. The van der Waals surface area contributed by atoms with Gasteiger partial charge in [-0.05, 0) is 23.8 Å². The fraction of sp³-hybridized carbons (Fsp3) is 0.143. The number of thiocarbonyl (C=S) groups is 1. The lowest BCUT2D eigenvalue weighted by Gasteiger charge is -2.18. The number of fused-ring (bicyclic) bond motifs is 1. The van der Waals surface area contributed by atoms with Crippen LogP contribution in [-0.4, -0.2) is 28.8 Å². The number of rotatable bonds is 5. The normalized spacial score (nSPS) is 15.9. The van der Waals surface area contributed by atoms with Crippen LogP contribution in [0.5, 0.6) is 5.75 Å². The first-order valence-corrected chi connectivity index (χ1v) is 9.69. The lowest BCUT2D eigenvalue weighted by atomic mass is 9.90. The molecule has 0 radical (unpaired) electrons. The van der Waals surface area contributed by atoms with E-state index >= 15 is 0 Å². The zero-order valence-corrected chi connectivity index (χ0v) is 17.4. The second-order valence-corrected chi connectivity index (χ2v) is 7.45. The number of imide groups is 1. The Labute approximate surface area is 185 Å². The number of non-ortho nitro benzene ring substituents is 1. The van der Waals surface area contributed by atoms with Crippen molar-refractivity contribution in [1.29, 1.82) is 0 Å². The van der Waals surface area contributed by atoms with Crippen LogP contribution >= 0.6 is 12.2 Å². The number of nitrogens with zero attached hydrogens (tertiary/aromatic N) is 2. The number of nitro benzene ring substituents is 1. The van der Waals surface area contributed by atoms with Gasteiger partial charge >= 0.3 is 5.63 Å². The molecule has 0 saturated carbocycles. The molecule has 1 fully saturated rings. The van der Waals surface area contributed by atoms with E-state index in [1.165, 1.54) is 31.4 Å². The summed E-state index contributed by atoms with van der Waals surface area (Å²) in [5.41, 5.74) is 4.64. The van der Waals surface area contributed by atoms with Gasteiger partial charge in [-0.1, -0.05) is 18.3 Å². The van der Waals surface area contributed by atoms with Crippen LogP contribution in [0.4, 0.5) is 11.4 Å². The van der Waals surface area contributed by atoms with E-state index in [2.05, 4.69) is 0 Å². The van der Waals surface area contributed by atoms with Crippen LogP contribution in [0.25, 0.3) is 11.0 Å². The summed E-state index contributed by atoms with van der Waals surface area (Å²) < 4.78 is 10.4. The van der Waals surface area contributed by atoms with Gasteiger partial charge in [0.15, 0.2) is 0 Å². The summed E-state index contributed by atoms with van der Waals surface area (Å²) >= 11 is 5.00. The summed E-state index contributed by atoms with van der Waals surface area (Å²) in [6.07, 6.45) is -0.285. The molecule has 4 rings (SSSR count). The summed E-state index contributed by atoms with van der Waals surface area (Å²) in [5.74, 6) is -1.84. The summed E-state index contributed by atoms with van der Waals surface area (Å²) in [5, 5.41) is 11.4. The Kier molecular flexibility index (Phi) is 5.18. The molecule has 2 amide bonds. The first kappa shape index (κ1) is 21.1. The number of anilines is 1. The van der Waals surface area contributed by atoms with E-state index in [4.69, 9.17) is 27.1 Å². The lowest BCUT2D eigenvalue weighted by Crippen LogP contribution is -2.31. The second-order valence-electron chi connectivity index (χ2n) is 7.01. The number of methoxy groups -OCH3 is 1. The third-order valence-corrected chi connectivity index (χ3v) is 5.40. The molecule has 1 aromatic heterocycles. The predicted octanol–water partition coefficient (Wildman–Crippen LogP) is 2.39. The molecule has 0 aliphatic carbocycles. The number of ether oxygens (including phenoxy) is 1. The summed E-state index contributed by atoms with van der Waals surface area (Å²) in [7, 11) is 1.45. The fourth-order valence-electron chi connectivity index (χ4n) is 3.80. The number of amides is 2. The van der Waals surface area contributed by atoms with Crippen LogP contribution in [0.3, 0.4) is 0 Å². The number of hydrogen-bond acceptors (Lipinski definition) is 8. The Balaban J connectivity index is 1.95. The van der Waals surface area contributed by atoms with Crippen molar-refractivity contribution in [2.24, 2.45) is 5.73 Å². The third-order valence-electron chi connectivity index (χ3n) is 5.19. The zero-order valence-electron chi connectivity index (χ0n) is 16.6. The van der Waals surface area contributed by atoms with Crippen LogP contribution in [0, 0.1) is 10.1 Å². The zero-order chi connectivity index (χ0) is 23.2. The van der Waals surface area contributed by atoms with Crippen molar-refractivity contribution in [3.8, 4) is 5.75 Å². The Morgan fingerprint density at radius 2 is 2.00 bits per heavy atom. The molecule has 1 aliphatic heterocycles. The van der Waals surface area contributed by atoms with Gasteiger partial charge < -0.3 is 14.9 Å². The van der Waals surface area contributed by atoms with Gasteiger partial charge in [-0.25, -0.2) is 9.69 Å². The summed E-state index contributed by atoms with van der Waals surface area (Å²) in [4.78, 5) is 50.1. The maximum Gasteiger partial charge on any atom is 0.346 e. The third kappa shape index (κ3) is 3.38. The van der Waals surface area contributed by atoms with Gasteiger partial charge in [-0.3, -0.25) is 19.7 Å². The molecular formula is C21H15N3O7S. The number of benzene rings is 2. The molecule has 2 aromatic carbocycles. The van der Waals surface area contributed by atoms with Crippen molar-refractivity contribution in [1.82, 2.24) is 0 Å². The summed E-state index contributed by atoms with van der Waals surface area (Å²) in [6, 6.07) is 9.96. The van der Waals surface area contributed by atoms with Crippen LogP contribution < -0.4 is 21.0 Å². The monoisotopic (exact) mass is 453 g/mol. The molecule has 0 bridgehead atoms. The molecule has 10 nitrogen and oxygen atoms in total. The molecule has 162 valence electrons. The predicted molar refractivity (Wildman–Crippen MR) is 118 cm³/mol. The highest BCUT2D eigenvalue weighted by molar-refractivity contribution is 7.80. The van der Waals surface area contributed by atoms with Crippen LogP contribution in [0.2, 0.25) is 0 Å². The van der Waals surface area contributed by atoms with Crippen molar-refractivity contribution < 1.29 is 23.7 Å². The Morgan fingerprint density at radius 1 is 1.25 bits per heavy atom. The average Bonchev–Trinajstić information content (AvgIpc) is 3.05. The molecule has 2 N–H and O–H groups in total. The molecule has 3 aromatic rings. The molecule has 32 heavy (non-hydrogen) atoms. The second kappa shape index (κ2) is 7.85. The van der Waals surface area contributed by atoms with E-state index in [-0.39, 0.29) is 44.9 Å². The van der Waals surface area contributed by atoms with Crippen LogP contribution in [0.1, 0.15) is 23.5 Å². The molecule has 1 saturated heterocycles. The molecule has 1 aliphatic rings. The average molecular weight is 453 g/mol. The van der Waals surface area contributed by atoms with Crippen LogP contribution in [-0.2, 0) is 9.59 Å². The van der Waals surface area contributed by atoms with E-state index in [0.29, 0.717) is 5.75 Å². The van der Waals surface area contributed by atoms with E-state index in [1.807, 2.05) is 0 Å². The molecule has 0 unspecified atom stereocenters. The van der Waals surface area contributed by atoms with Gasteiger partial charge in [0, 0.05) is 30.0 Å². The van der Waals surface area contributed by atoms with Crippen molar-refractivity contribution in [2.45, 2.75) is 12.3 Å². The highest BCUT2D eigenvalue weighted by Gasteiger charge is 2.43. The Bertz CT molecular complexity index is 1380. The van der Waals surface area contributed by atoms with Gasteiger partial charge in [0.25, 0.3) is 5.69 Å². The molecular weight excluding hydrogens is 438 g/mol. The van der Waals surface area contributed by atoms with Gasteiger partial charge in [0.05, 0.1) is 29.2 Å². The number of carbonyl (C=O) groups excluding carboxylic acids is 2. The largest absolute Gasteiger partial charge is 0.497 e. The first-order chi connectivity index (χ1) is 15.2. The summed E-state index contributed by atoms with van der Waals surface area (Å²) in [6.45, 7) is 0.